The van der Waals surface area contributed by atoms with Crippen LogP contribution in [-0.2, 0) is 6.42 Å². The second-order valence-corrected chi connectivity index (χ2v) is 5.92. The minimum absolute atomic E-state index is 0.0177. The van der Waals surface area contributed by atoms with Gasteiger partial charge < -0.3 is 10.3 Å². The Hall–Kier alpha value is -1.66. The van der Waals surface area contributed by atoms with Crippen molar-refractivity contribution in [3.8, 4) is 0 Å². The lowest BCUT2D eigenvalue weighted by Gasteiger charge is -2.12. The summed E-state index contributed by atoms with van der Waals surface area (Å²) in [5.41, 5.74) is 0. The van der Waals surface area contributed by atoms with Crippen LogP contribution in [0, 0.1) is 0 Å². The van der Waals surface area contributed by atoms with Gasteiger partial charge in [0.1, 0.15) is 16.5 Å². The number of hydrogen-bond donors (Lipinski definition) is 2. The zero-order valence-electron chi connectivity index (χ0n) is 11.1. The highest BCUT2D eigenvalue weighted by molar-refractivity contribution is 7.18. The van der Waals surface area contributed by atoms with Gasteiger partial charge in [-0.15, -0.1) is 11.3 Å². The highest BCUT2D eigenvalue weighted by Gasteiger charge is 2.14. The highest BCUT2D eigenvalue weighted by atomic mass is 35.5. The lowest BCUT2D eigenvalue weighted by atomic mass is 10.2. The molecule has 0 spiro atoms. The normalized spacial score (nSPS) is 12.8. The molecule has 0 saturated carbocycles. The Labute approximate surface area is 125 Å². The summed E-state index contributed by atoms with van der Waals surface area (Å²) in [5.74, 6) is 1.61. The molecule has 20 heavy (non-hydrogen) atoms. The Morgan fingerprint density at radius 1 is 1.45 bits per heavy atom. The second-order valence-electron chi connectivity index (χ2n) is 4.47. The zero-order valence-corrected chi connectivity index (χ0v) is 12.7. The van der Waals surface area contributed by atoms with Crippen molar-refractivity contribution in [1.29, 1.82) is 0 Å². The third kappa shape index (κ3) is 2.48. The third-order valence-electron chi connectivity index (χ3n) is 3.05. The number of H-pyrrole nitrogens is 1. The van der Waals surface area contributed by atoms with Crippen LogP contribution in [-0.4, -0.2) is 19.9 Å². The van der Waals surface area contributed by atoms with Crippen LogP contribution in [0.15, 0.2) is 18.5 Å². The van der Waals surface area contributed by atoms with Crippen molar-refractivity contribution in [2.45, 2.75) is 26.3 Å². The summed E-state index contributed by atoms with van der Waals surface area (Å²) < 4.78 is 0. The van der Waals surface area contributed by atoms with Gasteiger partial charge in [0.05, 0.1) is 11.4 Å². The second kappa shape index (κ2) is 5.38. The Morgan fingerprint density at radius 3 is 3.00 bits per heavy atom. The highest BCUT2D eigenvalue weighted by Crippen LogP contribution is 2.31. The molecule has 0 fully saturated rings. The summed E-state index contributed by atoms with van der Waals surface area (Å²) in [6.07, 6.45) is 4.51. The van der Waals surface area contributed by atoms with Crippen LogP contribution in [0.25, 0.3) is 10.2 Å². The lowest BCUT2D eigenvalue weighted by Crippen LogP contribution is -2.10. The standard InChI is InChI=1S/C13H14ClN5S/c1-3-8-6-9-11(18-13(14)19-12(9)20-8)17-7(2)10-15-4-5-16-10/h4-7H,3H2,1-2H3,(H,15,16)(H,17,18,19). The van der Waals surface area contributed by atoms with Crippen molar-refractivity contribution in [2.24, 2.45) is 0 Å². The molecule has 3 aromatic rings. The van der Waals surface area contributed by atoms with Gasteiger partial charge in [0, 0.05) is 17.3 Å². The molecule has 104 valence electrons. The number of anilines is 1. The van der Waals surface area contributed by atoms with Gasteiger partial charge >= 0.3 is 0 Å². The summed E-state index contributed by atoms with van der Waals surface area (Å²) in [6, 6.07) is 2.14. The zero-order chi connectivity index (χ0) is 14.1. The van der Waals surface area contributed by atoms with Crippen molar-refractivity contribution in [3.63, 3.8) is 0 Å². The van der Waals surface area contributed by atoms with Crippen molar-refractivity contribution in [2.75, 3.05) is 5.32 Å². The van der Waals surface area contributed by atoms with E-state index in [9.17, 15) is 0 Å². The maximum absolute atomic E-state index is 6.01. The van der Waals surface area contributed by atoms with Crippen LogP contribution >= 0.6 is 22.9 Å². The Balaban J connectivity index is 1.99. The summed E-state index contributed by atoms with van der Waals surface area (Å²) >= 11 is 7.66. The molecule has 0 aromatic carbocycles. The number of nitrogens with zero attached hydrogens (tertiary/aromatic N) is 3. The molecule has 0 amide bonds. The first-order valence-electron chi connectivity index (χ1n) is 6.39. The van der Waals surface area contributed by atoms with Crippen LogP contribution in [0.1, 0.15) is 30.6 Å². The fourth-order valence-electron chi connectivity index (χ4n) is 2.02. The molecule has 0 aliphatic carbocycles. The van der Waals surface area contributed by atoms with Crippen molar-refractivity contribution < 1.29 is 0 Å². The summed E-state index contributed by atoms with van der Waals surface area (Å²) in [5, 5.41) is 4.61. The number of nitrogens with one attached hydrogen (secondary N) is 2. The van der Waals surface area contributed by atoms with Gasteiger partial charge in [-0.1, -0.05) is 6.92 Å². The maximum Gasteiger partial charge on any atom is 0.225 e. The van der Waals surface area contributed by atoms with E-state index < -0.39 is 0 Å². The van der Waals surface area contributed by atoms with E-state index in [1.807, 2.05) is 6.92 Å². The molecule has 0 bridgehead atoms. The van der Waals surface area contributed by atoms with Crippen molar-refractivity contribution >= 4 is 39.0 Å². The van der Waals surface area contributed by atoms with Crippen molar-refractivity contribution in [1.82, 2.24) is 19.9 Å². The Morgan fingerprint density at radius 2 is 2.30 bits per heavy atom. The SMILES string of the molecule is CCc1cc2c(NC(C)c3ncc[nH]3)nc(Cl)nc2s1. The number of thiophene rings is 1. The van der Waals surface area contributed by atoms with Gasteiger partial charge in [-0.05, 0) is 31.0 Å². The van der Waals surface area contributed by atoms with E-state index in [1.165, 1.54) is 4.88 Å². The summed E-state index contributed by atoms with van der Waals surface area (Å²) in [7, 11) is 0. The molecule has 3 rings (SSSR count). The van der Waals surface area contributed by atoms with Crippen LogP contribution in [0.5, 0.6) is 0 Å². The molecular formula is C13H14ClN5S. The van der Waals surface area contributed by atoms with Gasteiger partial charge in [0.2, 0.25) is 5.28 Å². The molecule has 3 aromatic heterocycles. The number of aryl methyl sites for hydroxylation is 1. The first-order chi connectivity index (χ1) is 9.67. The molecular weight excluding hydrogens is 294 g/mol. The number of imidazole rings is 1. The number of aromatic amines is 1. The van der Waals surface area contributed by atoms with Gasteiger partial charge in [-0.3, -0.25) is 0 Å². The largest absolute Gasteiger partial charge is 0.360 e. The Bertz CT molecular complexity index is 722. The van der Waals surface area contributed by atoms with E-state index in [-0.39, 0.29) is 11.3 Å². The fourth-order valence-corrected chi connectivity index (χ4v) is 3.20. The van der Waals surface area contributed by atoms with Crippen LogP contribution in [0.4, 0.5) is 5.82 Å². The van der Waals surface area contributed by atoms with Crippen LogP contribution in [0.2, 0.25) is 5.28 Å². The quantitative estimate of drug-likeness (QED) is 0.719. The topological polar surface area (TPSA) is 66.5 Å². The molecule has 0 aliphatic rings. The molecule has 3 heterocycles. The average Bonchev–Trinajstić information content (AvgIpc) is 3.07. The third-order valence-corrected chi connectivity index (χ3v) is 4.39. The average molecular weight is 308 g/mol. The molecule has 5 nitrogen and oxygen atoms in total. The molecule has 0 aliphatic heterocycles. The molecule has 2 N–H and O–H groups in total. The molecule has 0 saturated heterocycles. The van der Waals surface area contributed by atoms with E-state index >= 15 is 0 Å². The van der Waals surface area contributed by atoms with E-state index in [2.05, 4.69) is 38.2 Å². The number of aromatic nitrogens is 4. The summed E-state index contributed by atoms with van der Waals surface area (Å²) in [6.45, 7) is 4.14. The van der Waals surface area contributed by atoms with E-state index in [0.717, 1.165) is 28.3 Å². The number of halogens is 1. The van der Waals surface area contributed by atoms with Gasteiger partial charge in [0.15, 0.2) is 0 Å². The number of fused-ring (bicyclic) bond motifs is 1. The number of hydrogen-bond acceptors (Lipinski definition) is 5. The smallest absolute Gasteiger partial charge is 0.225 e. The van der Waals surface area contributed by atoms with E-state index in [0.29, 0.717) is 0 Å². The van der Waals surface area contributed by atoms with E-state index in [4.69, 9.17) is 11.6 Å². The predicted octanol–water partition coefficient (Wildman–Crippen LogP) is 3.80. The Kier molecular flexibility index (Phi) is 3.58. The predicted molar refractivity (Wildman–Crippen MR) is 82.4 cm³/mol. The fraction of sp³-hybridized carbons (Fsp3) is 0.308. The first-order valence-corrected chi connectivity index (χ1v) is 7.58. The van der Waals surface area contributed by atoms with Gasteiger partial charge in [-0.2, -0.15) is 0 Å². The van der Waals surface area contributed by atoms with E-state index in [1.54, 1.807) is 23.7 Å². The number of rotatable bonds is 4. The monoisotopic (exact) mass is 307 g/mol. The van der Waals surface area contributed by atoms with Crippen LogP contribution in [0.3, 0.4) is 0 Å². The van der Waals surface area contributed by atoms with Gasteiger partial charge in [-0.25, -0.2) is 15.0 Å². The maximum atomic E-state index is 6.01. The lowest BCUT2D eigenvalue weighted by molar-refractivity contribution is 0.805. The summed E-state index contributed by atoms with van der Waals surface area (Å²) in [4.78, 5) is 18.1. The minimum atomic E-state index is 0.0177. The molecule has 1 atom stereocenters. The van der Waals surface area contributed by atoms with Crippen LogP contribution < -0.4 is 5.32 Å². The van der Waals surface area contributed by atoms with Crippen molar-refractivity contribution in [3.05, 3.63) is 34.4 Å². The first kappa shape index (κ1) is 13.3. The van der Waals surface area contributed by atoms with Gasteiger partial charge in [0.25, 0.3) is 0 Å². The minimum Gasteiger partial charge on any atom is -0.360 e. The molecule has 0 radical (unpaired) electrons. The molecule has 7 heteroatoms. The molecule has 1 unspecified atom stereocenters.